The highest BCUT2D eigenvalue weighted by Gasteiger charge is 2.27. The maximum atomic E-state index is 4.67. The lowest BCUT2D eigenvalue weighted by Crippen LogP contribution is -1.95. The van der Waals surface area contributed by atoms with E-state index in [4.69, 9.17) is 0 Å². The molecule has 2 heteroatoms. The van der Waals surface area contributed by atoms with E-state index in [1.54, 1.807) is 0 Å². The summed E-state index contributed by atoms with van der Waals surface area (Å²) in [5, 5.41) is 2.80. The molecular formula is C22H13NS. The van der Waals surface area contributed by atoms with Crippen LogP contribution >= 0.6 is 11.8 Å². The Morgan fingerprint density at radius 1 is 0.792 bits per heavy atom. The van der Waals surface area contributed by atoms with Crippen molar-refractivity contribution in [1.29, 1.82) is 0 Å². The summed E-state index contributed by atoms with van der Waals surface area (Å²) in [6.45, 7) is 0. The minimum atomic E-state index is 0.991. The molecule has 0 amide bonds. The van der Waals surface area contributed by atoms with Gasteiger partial charge in [0.15, 0.2) is 0 Å². The Hall–Kier alpha value is -2.58. The number of hydrogen-bond donors (Lipinski definition) is 0. The van der Waals surface area contributed by atoms with E-state index in [0.717, 1.165) is 12.1 Å². The Bertz CT molecular complexity index is 1160. The van der Waals surface area contributed by atoms with Crippen LogP contribution in [-0.2, 0) is 6.42 Å². The topological polar surface area (TPSA) is 12.9 Å². The van der Waals surface area contributed by atoms with E-state index in [-0.39, 0.29) is 0 Å². The summed E-state index contributed by atoms with van der Waals surface area (Å²) in [6.07, 6.45) is 2.90. The molecule has 0 spiro atoms. The van der Waals surface area contributed by atoms with Gasteiger partial charge in [-0.25, -0.2) is 0 Å². The fourth-order valence-corrected chi connectivity index (χ4v) is 5.26. The quantitative estimate of drug-likeness (QED) is 0.343. The molecule has 2 aliphatic rings. The number of fused-ring (bicyclic) bond motifs is 6. The zero-order valence-corrected chi connectivity index (χ0v) is 13.7. The second kappa shape index (κ2) is 4.49. The Morgan fingerprint density at radius 2 is 1.71 bits per heavy atom. The van der Waals surface area contributed by atoms with Crippen LogP contribution in [0.15, 0.2) is 76.7 Å². The first-order chi connectivity index (χ1) is 11.9. The summed E-state index contributed by atoms with van der Waals surface area (Å²) in [4.78, 5) is 7.39. The first-order valence-corrected chi connectivity index (χ1v) is 9.02. The van der Waals surface area contributed by atoms with Gasteiger partial charge in [0.2, 0.25) is 0 Å². The maximum Gasteiger partial charge on any atom is 0.0740 e. The SMILES string of the molecule is c1cnc2c(c1)Cc1c-2cc2c3c(cccc13)Sc1ccccc1-2. The van der Waals surface area contributed by atoms with Crippen LogP contribution in [-0.4, -0.2) is 4.98 Å². The van der Waals surface area contributed by atoms with Crippen molar-refractivity contribution >= 4 is 22.5 Å². The lowest BCUT2D eigenvalue weighted by molar-refractivity contribution is 1.24. The molecule has 0 radical (unpaired) electrons. The number of aromatic nitrogens is 1. The third-order valence-corrected chi connectivity index (χ3v) is 6.28. The monoisotopic (exact) mass is 323 g/mol. The first-order valence-electron chi connectivity index (χ1n) is 8.20. The van der Waals surface area contributed by atoms with Crippen molar-refractivity contribution in [3.8, 4) is 22.4 Å². The van der Waals surface area contributed by atoms with E-state index < -0.39 is 0 Å². The molecular weight excluding hydrogens is 310 g/mol. The van der Waals surface area contributed by atoms with Crippen molar-refractivity contribution in [3.63, 3.8) is 0 Å². The van der Waals surface area contributed by atoms with Gasteiger partial charge in [0.25, 0.3) is 0 Å². The molecule has 1 aliphatic carbocycles. The van der Waals surface area contributed by atoms with Crippen molar-refractivity contribution < 1.29 is 0 Å². The maximum absolute atomic E-state index is 4.67. The predicted molar refractivity (Wildman–Crippen MR) is 99.5 cm³/mol. The zero-order valence-electron chi connectivity index (χ0n) is 12.9. The van der Waals surface area contributed by atoms with Gasteiger partial charge in [-0.15, -0.1) is 0 Å². The fraction of sp³-hybridized carbons (Fsp3) is 0.0455. The summed E-state index contributed by atoms with van der Waals surface area (Å²) < 4.78 is 0. The Labute approximate surface area is 144 Å². The summed E-state index contributed by atoms with van der Waals surface area (Å²) in [5.74, 6) is 0. The number of benzene rings is 3. The lowest BCUT2D eigenvalue weighted by atomic mass is 9.91. The highest BCUT2D eigenvalue weighted by atomic mass is 32.2. The van der Waals surface area contributed by atoms with Gasteiger partial charge in [-0.05, 0) is 51.9 Å². The van der Waals surface area contributed by atoms with Crippen LogP contribution in [0.4, 0.5) is 0 Å². The van der Waals surface area contributed by atoms with Crippen LogP contribution < -0.4 is 0 Å². The van der Waals surface area contributed by atoms with Crippen molar-refractivity contribution in [2.75, 3.05) is 0 Å². The molecule has 0 N–H and O–H groups in total. The van der Waals surface area contributed by atoms with Crippen LogP contribution in [0, 0.1) is 0 Å². The number of nitrogens with zero attached hydrogens (tertiary/aromatic N) is 1. The lowest BCUT2D eigenvalue weighted by Gasteiger charge is -2.22. The summed E-state index contributed by atoms with van der Waals surface area (Å²) in [6, 6.07) is 22.1. The summed E-state index contributed by atoms with van der Waals surface area (Å²) >= 11 is 1.89. The van der Waals surface area contributed by atoms with Crippen molar-refractivity contribution in [2.45, 2.75) is 16.2 Å². The van der Waals surface area contributed by atoms with Gasteiger partial charge in [0.05, 0.1) is 5.69 Å². The standard InChI is InChI=1S/C22H13NS/c1-2-8-19-14(6-1)17-12-18-16(11-13-5-4-10-23-22(13)18)15-7-3-9-20(24-19)21(15)17/h1-10,12H,11H2. The summed E-state index contributed by atoms with van der Waals surface area (Å²) in [7, 11) is 0. The van der Waals surface area contributed by atoms with E-state index in [9.17, 15) is 0 Å². The molecule has 0 unspecified atom stereocenters. The predicted octanol–water partition coefficient (Wildman–Crippen LogP) is 5.94. The minimum absolute atomic E-state index is 0.991. The molecule has 1 aromatic heterocycles. The smallest absolute Gasteiger partial charge is 0.0740 e. The zero-order chi connectivity index (χ0) is 15.7. The second-order valence-electron chi connectivity index (χ2n) is 6.42. The van der Waals surface area contributed by atoms with Crippen LogP contribution in [0.1, 0.15) is 11.1 Å². The van der Waals surface area contributed by atoms with Crippen LogP contribution in [0.2, 0.25) is 0 Å². The molecule has 0 atom stereocenters. The average molecular weight is 323 g/mol. The molecule has 6 rings (SSSR count). The molecule has 0 fully saturated rings. The molecule has 1 nitrogen and oxygen atoms in total. The Kier molecular flexibility index (Phi) is 2.39. The molecule has 4 aromatic rings. The van der Waals surface area contributed by atoms with E-state index in [0.29, 0.717) is 0 Å². The third-order valence-electron chi connectivity index (χ3n) is 5.15. The number of hydrogen-bond acceptors (Lipinski definition) is 2. The number of rotatable bonds is 0. The molecule has 1 aliphatic heterocycles. The molecule has 2 heterocycles. The van der Waals surface area contributed by atoms with Gasteiger partial charge in [-0.1, -0.05) is 48.2 Å². The van der Waals surface area contributed by atoms with E-state index in [2.05, 4.69) is 59.6 Å². The average Bonchev–Trinajstić information content (AvgIpc) is 3.01. The van der Waals surface area contributed by atoms with Crippen molar-refractivity contribution in [3.05, 3.63) is 78.0 Å². The molecule has 3 aromatic carbocycles. The van der Waals surface area contributed by atoms with Crippen molar-refractivity contribution in [2.24, 2.45) is 0 Å². The van der Waals surface area contributed by atoms with Crippen molar-refractivity contribution in [1.82, 2.24) is 4.98 Å². The highest BCUT2D eigenvalue weighted by molar-refractivity contribution is 7.99. The van der Waals surface area contributed by atoms with Crippen LogP contribution in [0.5, 0.6) is 0 Å². The van der Waals surface area contributed by atoms with E-state index in [1.807, 2.05) is 24.0 Å². The molecule has 0 saturated carbocycles. The minimum Gasteiger partial charge on any atom is -0.256 e. The number of pyridine rings is 1. The first kappa shape index (κ1) is 12.8. The van der Waals surface area contributed by atoms with Gasteiger partial charge in [0, 0.05) is 33.4 Å². The summed E-state index contributed by atoms with van der Waals surface area (Å²) in [5.41, 5.74) is 7.95. The molecule has 24 heavy (non-hydrogen) atoms. The molecule has 0 bridgehead atoms. The normalized spacial score (nSPS) is 13.5. The second-order valence-corrected chi connectivity index (χ2v) is 7.50. The Balaban J connectivity index is 1.80. The van der Waals surface area contributed by atoms with Gasteiger partial charge in [-0.3, -0.25) is 4.98 Å². The third kappa shape index (κ3) is 1.54. The van der Waals surface area contributed by atoms with E-state index >= 15 is 0 Å². The Morgan fingerprint density at radius 3 is 2.71 bits per heavy atom. The molecule has 112 valence electrons. The van der Waals surface area contributed by atoms with Gasteiger partial charge < -0.3 is 0 Å². The highest BCUT2D eigenvalue weighted by Crippen LogP contribution is 2.51. The largest absolute Gasteiger partial charge is 0.256 e. The van der Waals surface area contributed by atoms with Crippen LogP contribution in [0.25, 0.3) is 33.2 Å². The molecule has 0 saturated heterocycles. The van der Waals surface area contributed by atoms with Gasteiger partial charge in [0.1, 0.15) is 0 Å². The van der Waals surface area contributed by atoms with E-state index in [1.165, 1.54) is 48.4 Å². The van der Waals surface area contributed by atoms with Crippen LogP contribution in [0.3, 0.4) is 0 Å². The van der Waals surface area contributed by atoms with Gasteiger partial charge in [-0.2, -0.15) is 0 Å². The fourth-order valence-electron chi connectivity index (χ4n) is 4.12. The van der Waals surface area contributed by atoms with Gasteiger partial charge >= 0.3 is 0 Å².